The number of amides is 2. The summed E-state index contributed by atoms with van der Waals surface area (Å²) < 4.78 is 15.9. The van der Waals surface area contributed by atoms with Crippen molar-refractivity contribution in [1.29, 1.82) is 0 Å². The minimum Gasteiger partial charge on any atom is -0.425 e. The van der Waals surface area contributed by atoms with Gasteiger partial charge in [0.1, 0.15) is 24.3 Å². The summed E-state index contributed by atoms with van der Waals surface area (Å²) in [4.78, 5) is 71.8. The number of ketones is 1. The Bertz CT molecular complexity index is 1380. The smallest absolute Gasteiger partial charge is 0.334 e. The molecule has 0 bridgehead atoms. The van der Waals surface area contributed by atoms with Crippen molar-refractivity contribution < 1.29 is 38.0 Å². The number of hydrogen-bond acceptors (Lipinski definition) is 9. The number of nitrogens with zero attached hydrogens (tertiary/aromatic N) is 2. The number of aromatic nitrogens is 1. The first-order valence-electron chi connectivity index (χ1n) is 10.1. The summed E-state index contributed by atoms with van der Waals surface area (Å²) in [6, 6.07) is 12.7. The third kappa shape index (κ3) is 5.47. The van der Waals surface area contributed by atoms with Crippen LogP contribution in [0, 0.1) is 0 Å². The fraction of sp³-hybridized carbons (Fsp3) is 0.0833. The predicted octanol–water partition coefficient (Wildman–Crippen LogP) is 1.11. The van der Waals surface area contributed by atoms with Gasteiger partial charge in [-0.15, -0.1) is 0 Å². The zero-order valence-electron chi connectivity index (χ0n) is 17.9. The molecule has 0 unspecified atom stereocenters. The molecule has 0 atom stereocenters. The third-order valence-corrected chi connectivity index (χ3v) is 4.80. The highest BCUT2D eigenvalue weighted by molar-refractivity contribution is 6.14. The van der Waals surface area contributed by atoms with E-state index in [1.807, 2.05) is 0 Å². The van der Waals surface area contributed by atoms with E-state index in [1.165, 1.54) is 54.6 Å². The Morgan fingerprint density at radius 1 is 0.686 bits per heavy atom. The molecule has 0 radical (unpaired) electrons. The highest BCUT2D eigenvalue weighted by Crippen LogP contribution is 2.19. The van der Waals surface area contributed by atoms with Crippen molar-refractivity contribution in [3.63, 3.8) is 0 Å². The van der Waals surface area contributed by atoms with Crippen molar-refractivity contribution in [1.82, 2.24) is 9.64 Å². The predicted molar refractivity (Wildman–Crippen MR) is 116 cm³/mol. The lowest BCUT2D eigenvalue weighted by Crippen LogP contribution is -2.36. The molecule has 0 aliphatic carbocycles. The first kappa shape index (κ1) is 23.1. The van der Waals surface area contributed by atoms with Gasteiger partial charge in [-0.2, -0.15) is 4.74 Å². The van der Waals surface area contributed by atoms with Gasteiger partial charge in [0.25, 0.3) is 17.4 Å². The van der Waals surface area contributed by atoms with Gasteiger partial charge in [-0.1, -0.05) is 0 Å². The van der Waals surface area contributed by atoms with Crippen molar-refractivity contribution in [3.05, 3.63) is 94.5 Å². The summed E-state index contributed by atoms with van der Waals surface area (Å²) >= 11 is 0. The van der Waals surface area contributed by atoms with Gasteiger partial charge in [0.15, 0.2) is 12.3 Å². The number of rotatable bonds is 8. The number of ether oxygens (including phenoxy) is 2. The van der Waals surface area contributed by atoms with Crippen LogP contribution >= 0.6 is 0 Å². The summed E-state index contributed by atoms with van der Waals surface area (Å²) in [7, 11) is 0. The molecule has 11 heteroatoms. The summed E-state index contributed by atoms with van der Waals surface area (Å²) in [6.45, 7) is -0.925. The van der Waals surface area contributed by atoms with Gasteiger partial charge in [-0.25, -0.2) is 9.59 Å². The van der Waals surface area contributed by atoms with Crippen LogP contribution in [0.25, 0.3) is 0 Å². The lowest BCUT2D eigenvalue weighted by Gasteiger charge is -2.12. The van der Waals surface area contributed by atoms with E-state index in [4.69, 9.17) is 14.0 Å². The fourth-order valence-corrected chi connectivity index (χ4v) is 3.09. The van der Waals surface area contributed by atoms with Gasteiger partial charge < -0.3 is 14.0 Å². The van der Waals surface area contributed by atoms with Crippen LogP contribution in [0.2, 0.25) is 0 Å². The van der Waals surface area contributed by atoms with Gasteiger partial charge >= 0.3 is 11.9 Å². The topological polar surface area (TPSA) is 142 Å². The maximum absolute atomic E-state index is 12.7. The van der Waals surface area contributed by atoms with Crippen LogP contribution < -0.4 is 15.0 Å². The SMILES string of the molecule is O=C(CN1C(=O)C=CC1=O)Oc1ccc(C(=O)c2ccc(OC(=O)Cn3occc3=O)cc2)cc1. The van der Waals surface area contributed by atoms with Crippen LogP contribution in [-0.4, -0.2) is 45.7 Å². The number of esters is 2. The van der Waals surface area contributed by atoms with E-state index in [2.05, 4.69) is 0 Å². The number of carbonyl (C=O) groups is 5. The molecule has 2 amide bonds. The van der Waals surface area contributed by atoms with Crippen molar-refractivity contribution in [3.8, 4) is 11.5 Å². The average molecular weight is 476 g/mol. The van der Waals surface area contributed by atoms with E-state index in [-0.39, 0.29) is 17.3 Å². The van der Waals surface area contributed by atoms with Crippen molar-refractivity contribution in [2.75, 3.05) is 6.54 Å². The van der Waals surface area contributed by atoms with E-state index >= 15 is 0 Å². The van der Waals surface area contributed by atoms with Crippen molar-refractivity contribution in [2.45, 2.75) is 6.54 Å². The Balaban J connectivity index is 1.32. The van der Waals surface area contributed by atoms with Gasteiger partial charge in [0.2, 0.25) is 0 Å². The molecular weight excluding hydrogens is 460 g/mol. The molecule has 11 nitrogen and oxygen atoms in total. The maximum Gasteiger partial charge on any atom is 0.334 e. The van der Waals surface area contributed by atoms with Crippen LogP contribution in [0.1, 0.15) is 15.9 Å². The number of benzene rings is 2. The second-order valence-electron chi connectivity index (χ2n) is 7.20. The van der Waals surface area contributed by atoms with E-state index < -0.39 is 42.4 Å². The second kappa shape index (κ2) is 9.83. The molecule has 1 aliphatic rings. The molecule has 0 N–H and O–H groups in total. The van der Waals surface area contributed by atoms with Crippen molar-refractivity contribution >= 4 is 29.5 Å². The molecular formula is C24H16N2O9. The normalized spacial score (nSPS) is 12.6. The van der Waals surface area contributed by atoms with E-state index in [1.54, 1.807) is 0 Å². The Hall–Kier alpha value is -5.06. The molecule has 3 aromatic rings. The lowest BCUT2D eigenvalue weighted by atomic mass is 10.0. The molecule has 0 saturated carbocycles. The molecule has 1 aromatic heterocycles. The highest BCUT2D eigenvalue weighted by atomic mass is 16.5. The Labute approximate surface area is 196 Å². The summed E-state index contributed by atoms with van der Waals surface area (Å²) in [5.41, 5.74) is 0.147. The minimum absolute atomic E-state index is 0.136. The number of carbonyl (C=O) groups excluding carboxylic acids is 5. The van der Waals surface area contributed by atoms with Gasteiger partial charge in [-0.3, -0.25) is 24.1 Å². The van der Waals surface area contributed by atoms with Crippen molar-refractivity contribution in [2.24, 2.45) is 0 Å². The average Bonchev–Trinajstić information content (AvgIpc) is 3.39. The standard InChI is InChI=1S/C24H16N2O9/c27-19-9-10-20(28)25(19)13-22(30)34-17-5-1-15(2-6-17)24(32)16-3-7-18(8-4-16)35-23(31)14-26-21(29)11-12-33-26/h1-12H,13-14H2. The quantitative estimate of drug-likeness (QED) is 0.202. The molecule has 2 heterocycles. The van der Waals surface area contributed by atoms with Crippen LogP contribution in [0.4, 0.5) is 0 Å². The Morgan fingerprint density at radius 2 is 1.17 bits per heavy atom. The van der Waals surface area contributed by atoms with Gasteiger partial charge in [0.05, 0.1) is 0 Å². The second-order valence-corrected chi connectivity index (χ2v) is 7.20. The largest absolute Gasteiger partial charge is 0.425 e. The van der Waals surface area contributed by atoms with E-state index in [9.17, 15) is 28.8 Å². The maximum atomic E-state index is 12.7. The summed E-state index contributed by atoms with van der Waals surface area (Å²) in [5, 5.41) is 0. The van der Waals surface area contributed by atoms with Crippen LogP contribution in [0.3, 0.4) is 0 Å². The molecule has 4 rings (SSSR count). The Morgan fingerprint density at radius 3 is 1.63 bits per heavy atom. The molecule has 0 spiro atoms. The number of imide groups is 1. The molecule has 2 aromatic carbocycles. The van der Waals surface area contributed by atoms with E-state index in [0.29, 0.717) is 11.1 Å². The molecule has 1 aliphatic heterocycles. The molecule has 0 saturated heterocycles. The zero-order valence-corrected chi connectivity index (χ0v) is 17.9. The van der Waals surface area contributed by atoms with Crippen LogP contribution in [0.15, 0.2) is 82.3 Å². The van der Waals surface area contributed by atoms with Crippen LogP contribution in [0.5, 0.6) is 11.5 Å². The first-order chi connectivity index (χ1) is 16.8. The monoisotopic (exact) mass is 476 g/mol. The third-order valence-electron chi connectivity index (χ3n) is 4.80. The fourth-order valence-electron chi connectivity index (χ4n) is 3.09. The molecule has 176 valence electrons. The Kier molecular flexibility index (Phi) is 6.49. The first-order valence-corrected chi connectivity index (χ1v) is 10.1. The van der Waals surface area contributed by atoms with E-state index in [0.717, 1.165) is 28.1 Å². The number of hydrogen-bond donors (Lipinski definition) is 0. The zero-order chi connectivity index (χ0) is 24.9. The molecule has 35 heavy (non-hydrogen) atoms. The highest BCUT2D eigenvalue weighted by Gasteiger charge is 2.26. The lowest BCUT2D eigenvalue weighted by molar-refractivity contribution is -0.146. The summed E-state index contributed by atoms with van der Waals surface area (Å²) in [6.07, 6.45) is 3.29. The minimum atomic E-state index is -0.809. The summed E-state index contributed by atoms with van der Waals surface area (Å²) in [5.74, 6) is -2.74. The van der Waals surface area contributed by atoms with Gasteiger partial charge in [0, 0.05) is 29.3 Å². The van der Waals surface area contributed by atoms with Gasteiger partial charge in [-0.05, 0) is 48.5 Å². The molecule has 0 fully saturated rings. The van der Waals surface area contributed by atoms with Crippen LogP contribution in [-0.2, 0) is 25.7 Å².